The largest absolute Gasteiger partial charge is 0.467 e. The molecule has 0 N–H and O–H groups in total. The number of esters is 1. The topological polar surface area (TPSA) is 54.0 Å². The van der Waals surface area contributed by atoms with Crippen LogP contribution in [0.5, 0.6) is 5.75 Å². The predicted octanol–water partition coefficient (Wildman–Crippen LogP) is 6.72. The zero-order chi connectivity index (χ0) is 24.4. The number of allylic oxidation sites excluding steroid dienone is 1. The van der Waals surface area contributed by atoms with E-state index in [1.807, 2.05) is 50.3 Å². The van der Waals surface area contributed by atoms with Crippen LogP contribution in [0.15, 0.2) is 54.6 Å². The average Bonchev–Trinajstić information content (AvgIpc) is 2.87. The molecule has 5 heteroatoms. The quantitative estimate of drug-likeness (QED) is 0.228. The number of rotatable bonds is 9. The molecule has 4 bridgehead atoms. The summed E-state index contributed by atoms with van der Waals surface area (Å²) in [5, 5.41) is 0. The molecule has 5 nitrogen and oxygen atoms in total. The zero-order valence-corrected chi connectivity index (χ0v) is 21.0. The van der Waals surface area contributed by atoms with E-state index in [-0.39, 0.29) is 24.5 Å². The van der Waals surface area contributed by atoms with Gasteiger partial charge in [0.1, 0.15) is 11.5 Å². The molecule has 0 saturated heterocycles. The number of ether oxygens (including phenoxy) is 4. The summed E-state index contributed by atoms with van der Waals surface area (Å²) in [6.07, 6.45) is 9.29. The van der Waals surface area contributed by atoms with Gasteiger partial charge in [-0.1, -0.05) is 18.2 Å². The summed E-state index contributed by atoms with van der Waals surface area (Å²) in [7, 11) is 1.62. The van der Waals surface area contributed by atoms with E-state index in [9.17, 15) is 4.79 Å². The third kappa shape index (κ3) is 5.03. The minimum atomic E-state index is -0.350. The predicted molar refractivity (Wildman–Crippen MR) is 135 cm³/mol. The van der Waals surface area contributed by atoms with Crippen molar-refractivity contribution in [2.75, 3.05) is 13.9 Å². The number of carbonyl (C=O) groups is 1. The van der Waals surface area contributed by atoms with Crippen LogP contribution in [0.3, 0.4) is 0 Å². The summed E-state index contributed by atoms with van der Waals surface area (Å²) in [5.74, 6) is 3.50. The lowest BCUT2D eigenvalue weighted by Gasteiger charge is -2.57. The first-order valence-corrected chi connectivity index (χ1v) is 12.9. The highest BCUT2D eigenvalue weighted by atomic mass is 16.7. The molecule has 1 atom stereocenters. The van der Waals surface area contributed by atoms with E-state index in [0.29, 0.717) is 11.3 Å². The minimum absolute atomic E-state index is 0.120. The molecule has 4 saturated carbocycles. The van der Waals surface area contributed by atoms with Crippen LogP contribution in [0.25, 0.3) is 5.76 Å². The lowest BCUT2D eigenvalue weighted by molar-refractivity contribution is -0.150. The monoisotopic (exact) mass is 476 g/mol. The second-order valence-electron chi connectivity index (χ2n) is 10.5. The van der Waals surface area contributed by atoms with Gasteiger partial charge in [-0.25, -0.2) is 4.79 Å². The van der Waals surface area contributed by atoms with Gasteiger partial charge in [-0.15, -0.1) is 0 Å². The molecule has 2 aromatic carbocycles. The molecule has 35 heavy (non-hydrogen) atoms. The van der Waals surface area contributed by atoms with Crippen molar-refractivity contribution in [2.24, 2.45) is 17.8 Å². The van der Waals surface area contributed by atoms with Crippen molar-refractivity contribution in [1.29, 1.82) is 0 Å². The smallest absolute Gasteiger partial charge is 0.343 e. The lowest BCUT2D eigenvalue weighted by Crippen LogP contribution is -2.48. The van der Waals surface area contributed by atoms with Crippen molar-refractivity contribution in [3.63, 3.8) is 0 Å². The van der Waals surface area contributed by atoms with Crippen LogP contribution in [0.1, 0.15) is 73.9 Å². The summed E-state index contributed by atoms with van der Waals surface area (Å²) < 4.78 is 22.9. The Labute approximate surface area is 208 Å². The van der Waals surface area contributed by atoms with Gasteiger partial charge in [0.15, 0.2) is 13.1 Å². The molecule has 6 rings (SSSR count). The van der Waals surface area contributed by atoms with Crippen LogP contribution < -0.4 is 4.74 Å². The first-order valence-electron chi connectivity index (χ1n) is 12.9. The van der Waals surface area contributed by atoms with Crippen molar-refractivity contribution >= 4 is 11.7 Å². The van der Waals surface area contributed by atoms with Gasteiger partial charge in [-0.05, 0) is 112 Å². The summed E-state index contributed by atoms with van der Waals surface area (Å²) in [5.41, 5.74) is 2.80. The molecule has 186 valence electrons. The van der Waals surface area contributed by atoms with E-state index in [1.165, 1.54) is 44.1 Å². The van der Waals surface area contributed by atoms with Crippen molar-refractivity contribution in [3.8, 4) is 5.75 Å². The number of hydrogen-bond acceptors (Lipinski definition) is 5. The Balaban J connectivity index is 1.45. The van der Waals surface area contributed by atoms with E-state index < -0.39 is 0 Å². The van der Waals surface area contributed by atoms with Crippen LogP contribution in [0, 0.1) is 17.8 Å². The first kappa shape index (κ1) is 24.1. The molecule has 0 aromatic heterocycles. The third-order valence-electron chi connectivity index (χ3n) is 8.20. The molecule has 4 aliphatic rings. The second-order valence-corrected chi connectivity index (χ2v) is 10.5. The summed E-state index contributed by atoms with van der Waals surface area (Å²) in [6, 6.07) is 15.3. The van der Waals surface area contributed by atoms with Crippen molar-refractivity contribution < 1.29 is 23.7 Å². The van der Waals surface area contributed by atoms with E-state index in [4.69, 9.17) is 18.9 Å². The van der Waals surface area contributed by atoms with Crippen molar-refractivity contribution in [1.82, 2.24) is 0 Å². The molecule has 4 fully saturated rings. The molecule has 2 aromatic rings. The zero-order valence-electron chi connectivity index (χ0n) is 21.0. The average molecular weight is 477 g/mol. The van der Waals surface area contributed by atoms with Crippen molar-refractivity contribution in [3.05, 3.63) is 71.3 Å². The highest BCUT2D eigenvalue weighted by Gasteiger charge is 2.52. The molecule has 0 heterocycles. The standard InChI is InChI=1S/C30H36O5/c1-4-27(35-29(31)24-8-6-5-7-9-24)25-10-11-28(34-19-33-20(2)32-3)26(15-25)30-16-21-12-22(17-30)14-23(13-21)18-30/h4-11,15,20-23H,12-14,16-19H2,1-3H3/b27-4-. The maximum Gasteiger partial charge on any atom is 0.343 e. The van der Waals surface area contributed by atoms with Crippen LogP contribution in [-0.4, -0.2) is 26.2 Å². The van der Waals surface area contributed by atoms with E-state index in [0.717, 1.165) is 29.1 Å². The maximum absolute atomic E-state index is 12.8. The van der Waals surface area contributed by atoms with E-state index in [1.54, 1.807) is 19.2 Å². The Bertz CT molecular complexity index is 1040. The Morgan fingerprint density at radius 1 is 1.00 bits per heavy atom. The molecule has 1 unspecified atom stereocenters. The van der Waals surface area contributed by atoms with Gasteiger partial charge < -0.3 is 18.9 Å². The number of methoxy groups -OCH3 is 1. The second kappa shape index (κ2) is 10.2. The normalized spacial score (nSPS) is 28.1. The molecule has 4 aliphatic carbocycles. The minimum Gasteiger partial charge on any atom is -0.467 e. The van der Waals surface area contributed by atoms with Gasteiger partial charge in [-0.3, -0.25) is 0 Å². The van der Waals surface area contributed by atoms with Gasteiger partial charge in [0.25, 0.3) is 0 Å². The number of benzene rings is 2. The molecule has 0 spiro atoms. The Hall–Kier alpha value is -2.63. The fourth-order valence-corrected chi connectivity index (χ4v) is 6.94. The van der Waals surface area contributed by atoms with Crippen molar-refractivity contribution in [2.45, 2.75) is 64.1 Å². The SMILES string of the molecule is C/C=C(\OC(=O)c1ccccc1)c1ccc(OCOC(C)OC)c(C23CC4CC(CC(C4)C2)C3)c1. The molecule has 0 radical (unpaired) electrons. The van der Waals surface area contributed by atoms with Crippen LogP contribution in [0.2, 0.25) is 0 Å². The van der Waals surface area contributed by atoms with Gasteiger partial charge in [0.05, 0.1) is 5.56 Å². The molecule has 0 aliphatic heterocycles. The fourth-order valence-electron chi connectivity index (χ4n) is 6.94. The van der Waals surface area contributed by atoms with E-state index >= 15 is 0 Å². The maximum atomic E-state index is 12.8. The van der Waals surface area contributed by atoms with Gasteiger partial charge >= 0.3 is 5.97 Å². The van der Waals surface area contributed by atoms with Crippen LogP contribution in [-0.2, 0) is 19.6 Å². The Kier molecular flexibility index (Phi) is 6.99. The highest BCUT2D eigenvalue weighted by molar-refractivity contribution is 5.93. The van der Waals surface area contributed by atoms with Gasteiger partial charge in [-0.2, -0.15) is 0 Å². The van der Waals surface area contributed by atoms with Gasteiger partial charge in [0.2, 0.25) is 0 Å². The fraction of sp³-hybridized carbons (Fsp3) is 0.500. The number of hydrogen-bond donors (Lipinski definition) is 0. The van der Waals surface area contributed by atoms with Crippen LogP contribution in [0.4, 0.5) is 0 Å². The highest BCUT2D eigenvalue weighted by Crippen LogP contribution is 2.62. The van der Waals surface area contributed by atoms with Gasteiger partial charge in [0, 0.05) is 18.2 Å². The van der Waals surface area contributed by atoms with E-state index in [2.05, 4.69) is 6.07 Å². The Morgan fingerprint density at radius 3 is 2.26 bits per heavy atom. The third-order valence-corrected chi connectivity index (χ3v) is 8.20. The molecular formula is C30H36O5. The number of carbonyl (C=O) groups excluding carboxylic acids is 1. The molecule has 0 amide bonds. The summed E-state index contributed by atoms with van der Waals surface area (Å²) >= 11 is 0. The summed E-state index contributed by atoms with van der Waals surface area (Å²) in [6.45, 7) is 3.89. The Morgan fingerprint density at radius 2 is 1.66 bits per heavy atom. The molecular weight excluding hydrogens is 440 g/mol. The van der Waals surface area contributed by atoms with Crippen LogP contribution >= 0.6 is 0 Å². The lowest BCUT2D eigenvalue weighted by atomic mass is 9.48. The first-order chi connectivity index (χ1) is 17.0. The summed E-state index contributed by atoms with van der Waals surface area (Å²) in [4.78, 5) is 12.8.